The van der Waals surface area contributed by atoms with Gasteiger partial charge in [0.15, 0.2) is 6.61 Å². The number of alkyl halides is 3. The van der Waals surface area contributed by atoms with E-state index in [0.717, 1.165) is 27.8 Å². The second kappa shape index (κ2) is 9.20. The molecule has 2 rings (SSSR count). The van der Waals surface area contributed by atoms with Crippen LogP contribution >= 0.6 is 0 Å². The van der Waals surface area contributed by atoms with Crippen LogP contribution in [-0.4, -0.2) is 30.3 Å². The van der Waals surface area contributed by atoms with Crippen molar-refractivity contribution in [3.63, 3.8) is 0 Å². The number of carbonyl (C=O) groups is 1. The predicted molar refractivity (Wildman–Crippen MR) is 105 cm³/mol. The molecule has 29 heavy (non-hydrogen) atoms. The van der Waals surface area contributed by atoms with E-state index in [4.69, 9.17) is 4.74 Å². The van der Waals surface area contributed by atoms with Gasteiger partial charge < -0.3 is 15.2 Å². The van der Waals surface area contributed by atoms with E-state index in [1.807, 2.05) is 39.8 Å². The van der Waals surface area contributed by atoms with Crippen molar-refractivity contribution in [2.24, 2.45) is 0 Å². The number of aromatic hydroxyl groups is 1. The number of phenolic OH excluding ortho intramolecular Hbond substituents is 1. The average molecular weight is 409 g/mol. The van der Waals surface area contributed by atoms with E-state index < -0.39 is 25.2 Å². The number of halogens is 3. The summed E-state index contributed by atoms with van der Waals surface area (Å²) in [4.78, 5) is 11.5. The third-order valence-corrected chi connectivity index (χ3v) is 4.62. The van der Waals surface area contributed by atoms with Crippen molar-refractivity contribution >= 4 is 5.91 Å². The highest BCUT2D eigenvalue weighted by Crippen LogP contribution is 2.29. The van der Waals surface area contributed by atoms with Crippen molar-refractivity contribution < 1.29 is 27.8 Å². The fraction of sp³-hybridized carbons (Fsp3) is 0.409. The number of benzene rings is 2. The normalized spacial score (nSPS) is 11.6. The summed E-state index contributed by atoms with van der Waals surface area (Å²) in [5, 5.41) is 11.8. The molecule has 0 aliphatic carbocycles. The number of hydrogen-bond acceptors (Lipinski definition) is 3. The van der Waals surface area contributed by atoms with Crippen molar-refractivity contribution in [1.82, 2.24) is 5.32 Å². The van der Waals surface area contributed by atoms with E-state index >= 15 is 0 Å². The van der Waals surface area contributed by atoms with Crippen LogP contribution < -0.4 is 10.1 Å². The van der Waals surface area contributed by atoms with Crippen molar-refractivity contribution in [2.45, 2.75) is 46.2 Å². The molecule has 7 heteroatoms. The molecule has 0 atom stereocenters. The maximum absolute atomic E-state index is 12.1. The molecule has 2 N–H and O–H groups in total. The van der Waals surface area contributed by atoms with Gasteiger partial charge in [0.2, 0.25) is 0 Å². The molecule has 4 nitrogen and oxygen atoms in total. The van der Waals surface area contributed by atoms with Gasteiger partial charge in [0.25, 0.3) is 5.91 Å². The first-order valence-corrected chi connectivity index (χ1v) is 9.34. The number of carbonyl (C=O) groups excluding carboxylic acids is 1. The molecule has 2 aromatic rings. The fourth-order valence-corrected chi connectivity index (χ4v) is 3.10. The molecule has 0 bridgehead atoms. The Hall–Kier alpha value is -2.70. The molecule has 158 valence electrons. The van der Waals surface area contributed by atoms with Crippen LogP contribution in [0, 0.1) is 13.8 Å². The van der Waals surface area contributed by atoms with Crippen molar-refractivity contribution in [2.75, 3.05) is 13.2 Å². The van der Waals surface area contributed by atoms with Crippen molar-refractivity contribution in [3.8, 4) is 11.5 Å². The number of hydrogen-bond donors (Lipinski definition) is 2. The Bertz CT molecular complexity index is 853. The number of amides is 1. The van der Waals surface area contributed by atoms with Crippen LogP contribution in [0.2, 0.25) is 0 Å². The first-order chi connectivity index (χ1) is 13.5. The van der Waals surface area contributed by atoms with Crippen molar-refractivity contribution in [3.05, 3.63) is 58.1 Å². The summed E-state index contributed by atoms with van der Waals surface area (Å²) in [6.07, 6.45) is -3.78. The van der Waals surface area contributed by atoms with Gasteiger partial charge in [-0.15, -0.1) is 0 Å². The Morgan fingerprint density at radius 2 is 1.76 bits per heavy atom. The molecule has 0 aromatic heterocycles. The molecule has 0 unspecified atom stereocenters. The van der Waals surface area contributed by atoms with Gasteiger partial charge >= 0.3 is 6.18 Å². The zero-order valence-electron chi connectivity index (χ0n) is 17.0. The standard InChI is InChI=1S/C22H26F3NO3/c1-13(2)18-9-16(5-6-20(18)27)10-19-14(3)7-17(8-15(19)4)29-11-21(28)26-12-22(23,24)25/h5-9,13,27H,10-12H2,1-4H3,(H,26,28). The molecule has 1 amide bonds. The monoisotopic (exact) mass is 409 g/mol. The lowest BCUT2D eigenvalue weighted by atomic mass is 9.93. The highest BCUT2D eigenvalue weighted by Gasteiger charge is 2.27. The Labute approximate surface area is 168 Å². The van der Waals surface area contributed by atoms with E-state index in [2.05, 4.69) is 0 Å². The largest absolute Gasteiger partial charge is 0.508 e. The van der Waals surface area contributed by atoms with Crippen LogP contribution in [0.5, 0.6) is 11.5 Å². The van der Waals surface area contributed by atoms with Gasteiger partial charge in [-0.1, -0.05) is 26.0 Å². The number of rotatable bonds is 7. The summed E-state index contributed by atoms with van der Waals surface area (Å²) in [5.74, 6) is 0.0904. The number of nitrogens with one attached hydrogen (secondary N) is 1. The molecular formula is C22H26F3NO3. The minimum absolute atomic E-state index is 0.205. The van der Waals surface area contributed by atoms with Crippen LogP contribution in [0.15, 0.2) is 30.3 Å². The van der Waals surface area contributed by atoms with E-state index in [1.165, 1.54) is 0 Å². The van der Waals surface area contributed by atoms with Gasteiger partial charge in [0, 0.05) is 0 Å². The van der Waals surface area contributed by atoms with Crippen molar-refractivity contribution in [1.29, 1.82) is 0 Å². The maximum Gasteiger partial charge on any atom is 0.405 e. The molecule has 2 aromatic carbocycles. The topological polar surface area (TPSA) is 58.6 Å². The van der Waals surface area contributed by atoms with Gasteiger partial charge in [-0.3, -0.25) is 4.79 Å². The quantitative estimate of drug-likeness (QED) is 0.692. The molecule has 0 radical (unpaired) electrons. The third-order valence-electron chi connectivity index (χ3n) is 4.62. The highest BCUT2D eigenvalue weighted by molar-refractivity contribution is 5.77. The van der Waals surface area contributed by atoms with Gasteiger partial charge in [-0.2, -0.15) is 13.2 Å². The first kappa shape index (κ1) is 22.6. The minimum atomic E-state index is -4.45. The van der Waals surface area contributed by atoms with Crippen LogP contribution in [0.1, 0.15) is 47.6 Å². The Morgan fingerprint density at radius 3 is 2.31 bits per heavy atom. The lowest BCUT2D eigenvalue weighted by Gasteiger charge is -2.15. The second-order valence-corrected chi connectivity index (χ2v) is 7.44. The molecule has 0 spiro atoms. The Morgan fingerprint density at radius 1 is 1.14 bits per heavy atom. The summed E-state index contributed by atoms with van der Waals surface area (Å²) in [6, 6.07) is 9.11. The molecule has 0 heterocycles. The molecule has 0 aliphatic heterocycles. The average Bonchev–Trinajstić information content (AvgIpc) is 2.61. The van der Waals surface area contributed by atoms with Crippen LogP contribution in [-0.2, 0) is 11.2 Å². The van der Waals surface area contributed by atoms with Crippen LogP contribution in [0.25, 0.3) is 0 Å². The van der Waals surface area contributed by atoms with Gasteiger partial charge in [-0.25, -0.2) is 0 Å². The van der Waals surface area contributed by atoms with Gasteiger partial charge in [0.1, 0.15) is 18.0 Å². The third kappa shape index (κ3) is 6.69. The molecule has 0 fully saturated rings. The van der Waals surface area contributed by atoms with E-state index in [0.29, 0.717) is 12.2 Å². The van der Waals surface area contributed by atoms with E-state index in [9.17, 15) is 23.1 Å². The fourth-order valence-electron chi connectivity index (χ4n) is 3.10. The Balaban J connectivity index is 2.08. The first-order valence-electron chi connectivity index (χ1n) is 9.34. The number of aryl methyl sites for hydroxylation is 2. The minimum Gasteiger partial charge on any atom is -0.508 e. The zero-order valence-corrected chi connectivity index (χ0v) is 17.0. The number of phenols is 1. The van der Waals surface area contributed by atoms with Crippen LogP contribution in [0.3, 0.4) is 0 Å². The number of ether oxygens (including phenoxy) is 1. The predicted octanol–water partition coefficient (Wildman–Crippen LogP) is 4.78. The highest BCUT2D eigenvalue weighted by atomic mass is 19.4. The SMILES string of the molecule is Cc1cc(OCC(=O)NCC(F)(F)F)cc(C)c1Cc1ccc(O)c(C(C)C)c1. The molecule has 0 saturated heterocycles. The smallest absolute Gasteiger partial charge is 0.405 e. The van der Waals surface area contributed by atoms with E-state index in [-0.39, 0.29) is 11.7 Å². The lowest BCUT2D eigenvalue weighted by molar-refractivity contribution is -0.139. The molecular weight excluding hydrogens is 383 g/mol. The lowest BCUT2D eigenvalue weighted by Crippen LogP contribution is -2.36. The van der Waals surface area contributed by atoms with Crippen LogP contribution in [0.4, 0.5) is 13.2 Å². The van der Waals surface area contributed by atoms with E-state index in [1.54, 1.807) is 23.5 Å². The molecule has 0 aliphatic rings. The second-order valence-electron chi connectivity index (χ2n) is 7.44. The Kier molecular flexibility index (Phi) is 7.16. The summed E-state index contributed by atoms with van der Waals surface area (Å²) in [6.45, 7) is 6.02. The summed E-state index contributed by atoms with van der Waals surface area (Å²) >= 11 is 0. The summed E-state index contributed by atoms with van der Waals surface area (Å²) in [7, 11) is 0. The maximum atomic E-state index is 12.1. The molecule has 0 saturated carbocycles. The summed E-state index contributed by atoms with van der Waals surface area (Å²) < 4.78 is 41.7. The van der Waals surface area contributed by atoms with Gasteiger partial charge in [0.05, 0.1) is 0 Å². The van der Waals surface area contributed by atoms with Gasteiger partial charge in [-0.05, 0) is 72.2 Å². The summed E-state index contributed by atoms with van der Waals surface area (Å²) in [5.41, 5.74) is 4.96. The zero-order chi connectivity index (χ0) is 21.8.